The summed E-state index contributed by atoms with van der Waals surface area (Å²) in [5, 5.41) is 1.31. The van der Waals surface area contributed by atoms with Crippen LogP contribution in [0.4, 0.5) is 5.69 Å². The van der Waals surface area contributed by atoms with E-state index >= 15 is 0 Å². The van der Waals surface area contributed by atoms with Crippen molar-refractivity contribution < 1.29 is 13.2 Å². The number of carbonyl (C=O) groups is 1. The number of hydrogen-bond acceptors (Lipinski definition) is 4. The summed E-state index contributed by atoms with van der Waals surface area (Å²) in [6.07, 6.45) is 1.46. The number of amides is 1. The number of carbonyl (C=O) groups excluding carboxylic acids is 1. The van der Waals surface area contributed by atoms with Crippen molar-refractivity contribution in [3.05, 3.63) is 72.1 Å². The van der Waals surface area contributed by atoms with Gasteiger partial charge in [0.2, 0.25) is 0 Å². The molecular weight excluding hydrogens is 476 g/mol. The van der Waals surface area contributed by atoms with Crippen LogP contribution in [0, 0.1) is 11.5 Å². The highest BCUT2D eigenvalue weighted by Crippen LogP contribution is 2.34. The van der Waals surface area contributed by atoms with Crippen molar-refractivity contribution in [2.45, 2.75) is 19.6 Å². The molecule has 0 N–H and O–H groups in total. The molecule has 35 heavy (non-hydrogen) atoms. The molecule has 1 amide bonds. The number of rotatable bonds is 4. The zero-order chi connectivity index (χ0) is 25.5. The first-order valence-electron chi connectivity index (χ1n) is 11.1. The predicted molar refractivity (Wildman–Crippen MR) is 145 cm³/mol. The van der Waals surface area contributed by atoms with Crippen molar-refractivity contribution in [3.63, 3.8) is 0 Å². The molecule has 0 fully saturated rings. The number of fused-ring (bicyclic) bond motifs is 3. The monoisotopic (exact) mass is 504 g/mol. The maximum absolute atomic E-state index is 13.7. The van der Waals surface area contributed by atoms with Gasteiger partial charge in [-0.25, -0.2) is 8.96 Å². The molecule has 0 saturated carbocycles. The lowest BCUT2D eigenvalue weighted by molar-refractivity contribution is 0.0988. The first-order valence-corrected chi connectivity index (χ1v) is 16.0. The zero-order valence-electron chi connectivity index (χ0n) is 20.7. The molecule has 2 aromatic heterocycles. The third-order valence-electron chi connectivity index (χ3n) is 5.58. The first-order chi connectivity index (χ1) is 16.4. The van der Waals surface area contributed by atoms with Crippen LogP contribution in [0.25, 0.3) is 21.8 Å². The van der Waals surface area contributed by atoms with Crippen LogP contribution in [0.15, 0.2) is 60.8 Å². The molecule has 0 saturated heterocycles. The number of hydrogen-bond donors (Lipinski definition) is 0. The topological polar surface area (TPSA) is 75.5 Å². The Morgan fingerprint density at radius 2 is 1.57 bits per heavy atom. The molecule has 0 radical (unpaired) electrons. The van der Waals surface area contributed by atoms with Gasteiger partial charge in [0.25, 0.3) is 5.91 Å². The highest BCUT2D eigenvalue weighted by Gasteiger charge is 2.28. The van der Waals surface area contributed by atoms with Crippen molar-refractivity contribution in [2.24, 2.45) is 0 Å². The highest BCUT2D eigenvalue weighted by molar-refractivity contribution is 7.87. The number of pyridine rings is 1. The minimum Gasteiger partial charge on any atom is -0.310 e. The van der Waals surface area contributed by atoms with Gasteiger partial charge in [-0.05, 0) is 18.2 Å². The van der Waals surface area contributed by atoms with Crippen LogP contribution < -0.4 is 4.90 Å². The van der Waals surface area contributed by atoms with Gasteiger partial charge in [-0.15, -0.1) is 5.54 Å². The van der Waals surface area contributed by atoms with Gasteiger partial charge in [-0.1, -0.05) is 62.0 Å². The molecule has 0 aliphatic rings. The van der Waals surface area contributed by atoms with Crippen molar-refractivity contribution in [1.82, 2.24) is 13.3 Å². The lowest BCUT2D eigenvalue weighted by Crippen LogP contribution is -2.29. The summed E-state index contributed by atoms with van der Waals surface area (Å²) in [6, 6.07) is 16.6. The van der Waals surface area contributed by atoms with Crippen LogP contribution >= 0.6 is 0 Å². The standard InChI is InChI=1S/C26H28N4O3SSi/c1-28(2)34(32,33)30-22-15-11-10-14-20(22)24-21(16-17-35(4,5)6)25(27-18-23(24)30)26(31)29(3)19-12-8-7-9-13-19/h7-15,18H,1-6H3. The van der Waals surface area contributed by atoms with E-state index in [4.69, 9.17) is 0 Å². The Kier molecular flexibility index (Phi) is 6.32. The van der Waals surface area contributed by atoms with E-state index in [1.165, 1.54) is 29.2 Å². The van der Waals surface area contributed by atoms with Crippen molar-refractivity contribution >= 4 is 51.7 Å². The van der Waals surface area contributed by atoms with Gasteiger partial charge in [-0.2, -0.15) is 12.7 Å². The van der Waals surface area contributed by atoms with Crippen LogP contribution in [0.3, 0.4) is 0 Å². The van der Waals surface area contributed by atoms with E-state index in [0.717, 1.165) is 9.99 Å². The largest absolute Gasteiger partial charge is 0.310 e. The summed E-state index contributed by atoms with van der Waals surface area (Å²) in [5.41, 5.74) is 5.61. The SMILES string of the molecule is CN(C(=O)c1ncc2c(c1C#C[Si](C)(C)C)c1ccccc1n2S(=O)(=O)N(C)C)c1ccccc1. The Hall–Kier alpha value is -3.45. The van der Waals surface area contributed by atoms with Gasteiger partial charge in [0.15, 0.2) is 0 Å². The molecule has 2 heterocycles. The van der Waals surface area contributed by atoms with Crippen molar-refractivity contribution in [3.8, 4) is 11.5 Å². The van der Waals surface area contributed by atoms with E-state index in [9.17, 15) is 13.2 Å². The Morgan fingerprint density at radius 1 is 0.943 bits per heavy atom. The second kappa shape index (κ2) is 8.96. The van der Waals surface area contributed by atoms with E-state index in [-0.39, 0.29) is 11.6 Å². The Bertz CT molecular complexity index is 1610. The molecule has 4 aromatic rings. The number of para-hydroxylation sites is 2. The van der Waals surface area contributed by atoms with Gasteiger partial charge < -0.3 is 4.90 Å². The summed E-state index contributed by atoms with van der Waals surface area (Å²) in [6.45, 7) is 6.35. The van der Waals surface area contributed by atoms with Crippen LogP contribution in [0.5, 0.6) is 0 Å². The summed E-state index contributed by atoms with van der Waals surface area (Å²) in [4.78, 5) is 19.7. The molecule has 180 valence electrons. The number of anilines is 1. The van der Waals surface area contributed by atoms with Crippen LogP contribution in [0.1, 0.15) is 16.1 Å². The molecule has 0 bridgehead atoms. The maximum atomic E-state index is 13.7. The summed E-state index contributed by atoms with van der Waals surface area (Å²) in [5.74, 6) is 2.94. The van der Waals surface area contributed by atoms with Gasteiger partial charge in [0.05, 0.1) is 22.8 Å². The molecule has 0 unspecified atom stereocenters. The number of benzene rings is 2. The Labute approximate surface area is 207 Å². The van der Waals surface area contributed by atoms with Gasteiger partial charge in [0, 0.05) is 37.6 Å². The highest BCUT2D eigenvalue weighted by atomic mass is 32.2. The second-order valence-electron chi connectivity index (χ2n) is 9.51. The fourth-order valence-corrected chi connectivity index (χ4v) is 5.41. The average molecular weight is 505 g/mol. The van der Waals surface area contributed by atoms with Gasteiger partial charge in [-0.3, -0.25) is 4.79 Å². The minimum atomic E-state index is -3.86. The van der Waals surface area contributed by atoms with Gasteiger partial charge >= 0.3 is 10.2 Å². The van der Waals surface area contributed by atoms with E-state index in [1.807, 2.05) is 42.5 Å². The zero-order valence-corrected chi connectivity index (χ0v) is 22.5. The van der Waals surface area contributed by atoms with Crippen molar-refractivity contribution in [2.75, 3.05) is 26.0 Å². The lowest BCUT2D eigenvalue weighted by Gasteiger charge is -2.18. The fraction of sp³-hybridized carbons (Fsp3) is 0.231. The third-order valence-corrected chi connectivity index (χ3v) is 8.23. The Balaban J connectivity index is 2.11. The molecule has 0 atom stereocenters. The van der Waals surface area contributed by atoms with E-state index in [2.05, 4.69) is 36.1 Å². The Morgan fingerprint density at radius 3 is 2.20 bits per heavy atom. The summed E-state index contributed by atoms with van der Waals surface area (Å²) in [7, 11) is -1.03. The van der Waals surface area contributed by atoms with Gasteiger partial charge in [0.1, 0.15) is 13.8 Å². The number of nitrogens with zero attached hydrogens (tertiary/aromatic N) is 4. The molecule has 0 aliphatic heterocycles. The van der Waals surface area contributed by atoms with E-state index < -0.39 is 18.3 Å². The fourth-order valence-electron chi connectivity index (χ4n) is 3.79. The smallest absolute Gasteiger partial charge is 0.308 e. The first kappa shape index (κ1) is 24.7. The predicted octanol–water partition coefficient (Wildman–Crippen LogP) is 4.35. The maximum Gasteiger partial charge on any atom is 0.308 e. The molecule has 0 spiro atoms. The molecule has 0 aliphatic carbocycles. The average Bonchev–Trinajstić information content (AvgIpc) is 3.16. The summed E-state index contributed by atoms with van der Waals surface area (Å²) < 4.78 is 29.1. The van der Waals surface area contributed by atoms with Crippen molar-refractivity contribution in [1.29, 1.82) is 0 Å². The quantitative estimate of drug-likeness (QED) is 0.306. The van der Waals surface area contributed by atoms with Crippen LogP contribution in [0.2, 0.25) is 19.6 Å². The van der Waals surface area contributed by atoms with E-state index in [0.29, 0.717) is 27.4 Å². The minimum absolute atomic E-state index is 0.194. The third kappa shape index (κ3) is 4.48. The summed E-state index contributed by atoms with van der Waals surface area (Å²) >= 11 is 0. The molecular formula is C26H28N4O3SSi. The normalized spacial score (nSPS) is 12.1. The lowest BCUT2D eigenvalue weighted by atomic mass is 10.0. The van der Waals surface area contributed by atoms with Crippen LogP contribution in [-0.4, -0.2) is 56.8 Å². The molecule has 7 nitrogen and oxygen atoms in total. The van der Waals surface area contributed by atoms with Crippen LogP contribution in [-0.2, 0) is 10.2 Å². The molecule has 4 rings (SSSR count). The number of aromatic nitrogens is 2. The van der Waals surface area contributed by atoms with E-state index in [1.54, 1.807) is 19.2 Å². The molecule has 2 aromatic carbocycles. The second-order valence-corrected chi connectivity index (χ2v) is 16.3. The molecule has 9 heteroatoms.